The zero-order valence-corrected chi connectivity index (χ0v) is 15.7. The average molecular weight is 368 g/mol. The third kappa shape index (κ3) is 6.80. The summed E-state index contributed by atoms with van der Waals surface area (Å²) in [5.74, 6) is 0.352. The third-order valence-corrected chi connectivity index (χ3v) is 4.81. The number of halogens is 1. The Morgan fingerprint density at radius 1 is 1.36 bits per heavy atom. The Morgan fingerprint density at radius 2 is 2.08 bits per heavy atom. The summed E-state index contributed by atoms with van der Waals surface area (Å²) in [4.78, 5) is 14.8. The van der Waals surface area contributed by atoms with Gasteiger partial charge in [-0.1, -0.05) is 25.1 Å². The Kier molecular flexibility index (Phi) is 7.93. The van der Waals surface area contributed by atoms with Crippen molar-refractivity contribution in [1.82, 2.24) is 20.9 Å². The first-order chi connectivity index (χ1) is 12.0. The second-order valence-electron chi connectivity index (χ2n) is 6.83. The molecule has 25 heavy (non-hydrogen) atoms. The zero-order chi connectivity index (χ0) is 18.2. The van der Waals surface area contributed by atoms with Gasteiger partial charge >= 0.3 is 0 Å². The summed E-state index contributed by atoms with van der Waals surface area (Å²) in [6, 6.07) is 1.23. The van der Waals surface area contributed by atoms with Crippen LogP contribution in [0.4, 0.5) is 0 Å². The molecule has 2 aliphatic rings. The van der Waals surface area contributed by atoms with Crippen LogP contribution in [-0.4, -0.2) is 47.7 Å². The fourth-order valence-corrected chi connectivity index (χ4v) is 3.31. The van der Waals surface area contributed by atoms with Crippen LogP contribution in [0.2, 0.25) is 0 Å². The number of carbonyl (C=O) groups excluding carboxylic acids is 1. The minimum Gasteiger partial charge on any atom is -0.349 e. The first kappa shape index (κ1) is 19.9. The SMILES string of the molecule is C=CNC(=CC(=N)Cl)NC(=O)C1CC(NCCN(CCC)C2CC2)C1. The minimum absolute atomic E-state index is 0.00667. The Balaban J connectivity index is 1.64. The molecule has 1 amide bonds. The lowest BCUT2D eigenvalue weighted by Crippen LogP contribution is -2.49. The van der Waals surface area contributed by atoms with E-state index >= 15 is 0 Å². The van der Waals surface area contributed by atoms with Crippen LogP contribution >= 0.6 is 11.6 Å². The molecule has 0 aromatic heterocycles. The van der Waals surface area contributed by atoms with E-state index in [1.54, 1.807) is 0 Å². The maximum Gasteiger partial charge on any atom is 0.228 e. The van der Waals surface area contributed by atoms with Crippen molar-refractivity contribution < 1.29 is 4.79 Å². The first-order valence-corrected chi connectivity index (χ1v) is 9.52. The number of carbonyl (C=O) groups is 1. The van der Waals surface area contributed by atoms with E-state index in [1.165, 1.54) is 38.1 Å². The van der Waals surface area contributed by atoms with Gasteiger partial charge in [0.15, 0.2) is 0 Å². The van der Waals surface area contributed by atoms with Gasteiger partial charge < -0.3 is 16.0 Å². The van der Waals surface area contributed by atoms with Crippen LogP contribution in [-0.2, 0) is 4.79 Å². The second kappa shape index (κ2) is 9.94. The van der Waals surface area contributed by atoms with Crippen LogP contribution in [0.5, 0.6) is 0 Å². The van der Waals surface area contributed by atoms with Crippen molar-refractivity contribution in [2.75, 3.05) is 19.6 Å². The molecule has 0 unspecified atom stereocenters. The predicted octanol–water partition coefficient (Wildman–Crippen LogP) is 2.14. The van der Waals surface area contributed by atoms with Crippen molar-refractivity contribution in [3.63, 3.8) is 0 Å². The van der Waals surface area contributed by atoms with Gasteiger partial charge in [-0.3, -0.25) is 15.1 Å². The van der Waals surface area contributed by atoms with Crippen molar-refractivity contribution in [3.05, 3.63) is 24.7 Å². The molecule has 140 valence electrons. The lowest BCUT2D eigenvalue weighted by molar-refractivity contribution is -0.127. The summed E-state index contributed by atoms with van der Waals surface area (Å²) in [7, 11) is 0. The Hall–Kier alpha value is -1.37. The fraction of sp³-hybridized carbons (Fsp3) is 0.667. The number of nitrogens with one attached hydrogen (secondary N) is 4. The zero-order valence-electron chi connectivity index (χ0n) is 15.0. The van der Waals surface area contributed by atoms with Crippen LogP contribution in [0.1, 0.15) is 39.0 Å². The molecule has 6 nitrogen and oxygen atoms in total. The molecule has 0 spiro atoms. The fourth-order valence-electron chi connectivity index (χ4n) is 3.20. The summed E-state index contributed by atoms with van der Waals surface area (Å²) in [5, 5.41) is 16.2. The normalized spacial score (nSPS) is 23.1. The van der Waals surface area contributed by atoms with Gasteiger partial charge in [-0.25, -0.2) is 0 Å². The van der Waals surface area contributed by atoms with Crippen LogP contribution in [0.3, 0.4) is 0 Å². The maximum absolute atomic E-state index is 12.2. The van der Waals surface area contributed by atoms with Gasteiger partial charge in [0, 0.05) is 37.2 Å². The molecule has 2 rings (SSSR count). The smallest absolute Gasteiger partial charge is 0.228 e. The van der Waals surface area contributed by atoms with Crippen molar-refractivity contribution in [3.8, 4) is 0 Å². The highest BCUT2D eigenvalue weighted by molar-refractivity contribution is 6.67. The third-order valence-electron chi connectivity index (χ3n) is 4.70. The van der Waals surface area contributed by atoms with E-state index in [1.807, 2.05) is 0 Å². The van der Waals surface area contributed by atoms with Crippen molar-refractivity contribution in [2.24, 2.45) is 5.92 Å². The molecule has 0 bridgehead atoms. The van der Waals surface area contributed by atoms with E-state index in [-0.39, 0.29) is 17.0 Å². The molecule has 0 aliphatic heterocycles. The molecule has 0 aromatic rings. The lowest BCUT2D eigenvalue weighted by atomic mass is 9.79. The van der Waals surface area contributed by atoms with Gasteiger partial charge in [0.25, 0.3) is 0 Å². The molecule has 2 fully saturated rings. The van der Waals surface area contributed by atoms with E-state index in [9.17, 15) is 4.79 Å². The van der Waals surface area contributed by atoms with Gasteiger partial charge in [0.1, 0.15) is 11.0 Å². The number of allylic oxidation sites excluding steroid dienone is 1. The number of hydrogen-bond donors (Lipinski definition) is 4. The summed E-state index contributed by atoms with van der Waals surface area (Å²) in [6.07, 6.45) is 8.40. The van der Waals surface area contributed by atoms with E-state index in [2.05, 4.69) is 34.4 Å². The quantitative estimate of drug-likeness (QED) is 0.398. The minimum atomic E-state index is -0.148. The van der Waals surface area contributed by atoms with Crippen LogP contribution in [0.15, 0.2) is 24.7 Å². The maximum atomic E-state index is 12.2. The number of nitrogens with zero attached hydrogens (tertiary/aromatic N) is 1. The van der Waals surface area contributed by atoms with E-state index in [0.29, 0.717) is 11.9 Å². The summed E-state index contributed by atoms with van der Waals surface area (Å²) < 4.78 is 0. The van der Waals surface area contributed by atoms with Crippen LogP contribution < -0.4 is 16.0 Å². The standard InChI is InChI=1S/C18H30ClN5O/c1-3-8-24(15-5-6-15)9-7-22-14-10-13(11-14)18(25)23-17(21-4-2)12-16(19)20/h4,12-15,20-22H,2-3,5-11H2,1H3,(H,23,25). The average Bonchev–Trinajstić information content (AvgIpc) is 3.32. The lowest BCUT2D eigenvalue weighted by Gasteiger charge is -2.35. The van der Waals surface area contributed by atoms with E-state index in [0.717, 1.165) is 32.0 Å². The highest BCUT2D eigenvalue weighted by Gasteiger charge is 2.34. The molecule has 0 aromatic carbocycles. The van der Waals surface area contributed by atoms with Gasteiger partial charge in [0.2, 0.25) is 5.91 Å². The van der Waals surface area contributed by atoms with Crippen molar-refractivity contribution in [2.45, 2.75) is 51.1 Å². The molecular weight excluding hydrogens is 338 g/mol. The van der Waals surface area contributed by atoms with Gasteiger partial charge in [0.05, 0.1) is 0 Å². The topological polar surface area (TPSA) is 80.2 Å². The predicted molar refractivity (Wildman–Crippen MR) is 103 cm³/mol. The van der Waals surface area contributed by atoms with Crippen LogP contribution in [0, 0.1) is 11.3 Å². The highest BCUT2D eigenvalue weighted by atomic mass is 35.5. The molecule has 0 atom stereocenters. The number of hydrogen-bond acceptors (Lipinski definition) is 5. The Bertz CT molecular complexity index is 512. The Labute approximate surface area is 155 Å². The molecule has 2 aliphatic carbocycles. The highest BCUT2D eigenvalue weighted by Crippen LogP contribution is 2.28. The summed E-state index contributed by atoms with van der Waals surface area (Å²) in [5.41, 5.74) is 0. The molecule has 4 N–H and O–H groups in total. The van der Waals surface area contributed by atoms with Crippen molar-refractivity contribution in [1.29, 1.82) is 5.41 Å². The molecule has 2 saturated carbocycles. The number of rotatable bonds is 12. The monoisotopic (exact) mass is 367 g/mol. The molecule has 0 heterocycles. The largest absolute Gasteiger partial charge is 0.349 e. The molecule has 0 saturated heterocycles. The van der Waals surface area contributed by atoms with E-state index < -0.39 is 0 Å². The number of amides is 1. The van der Waals surface area contributed by atoms with Gasteiger partial charge in [-0.2, -0.15) is 0 Å². The first-order valence-electron chi connectivity index (χ1n) is 9.15. The van der Waals surface area contributed by atoms with E-state index in [4.69, 9.17) is 17.0 Å². The molecule has 7 heteroatoms. The van der Waals surface area contributed by atoms with Gasteiger partial charge in [-0.05, 0) is 44.8 Å². The molecular formula is C18H30ClN5O. The second-order valence-corrected chi connectivity index (χ2v) is 7.24. The van der Waals surface area contributed by atoms with Crippen molar-refractivity contribution >= 4 is 22.7 Å². The van der Waals surface area contributed by atoms with Gasteiger partial charge in [-0.15, -0.1) is 0 Å². The summed E-state index contributed by atoms with van der Waals surface area (Å²) in [6.45, 7) is 9.05. The summed E-state index contributed by atoms with van der Waals surface area (Å²) >= 11 is 5.54. The Morgan fingerprint density at radius 3 is 2.64 bits per heavy atom. The van der Waals surface area contributed by atoms with Crippen LogP contribution in [0.25, 0.3) is 0 Å². The molecule has 0 radical (unpaired) electrons.